The van der Waals surface area contributed by atoms with Crippen molar-refractivity contribution in [3.63, 3.8) is 0 Å². The number of hydrogen-bond donors (Lipinski definition) is 1. The molecule has 2 aromatic heterocycles. The van der Waals surface area contributed by atoms with E-state index in [0.29, 0.717) is 38.0 Å². The zero-order chi connectivity index (χ0) is 15.7. The third kappa shape index (κ3) is 3.20. The summed E-state index contributed by atoms with van der Waals surface area (Å²) in [6.45, 7) is 3.87. The molecule has 3 heterocycles. The Morgan fingerprint density at radius 2 is 2.05 bits per heavy atom. The van der Waals surface area contributed by atoms with Crippen LogP contribution < -0.4 is 5.14 Å². The summed E-state index contributed by atoms with van der Waals surface area (Å²) >= 11 is 1.54. The Balaban J connectivity index is 1.67. The van der Waals surface area contributed by atoms with Crippen molar-refractivity contribution in [2.75, 3.05) is 26.2 Å². The molecule has 0 amide bonds. The van der Waals surface area contributed by atoms with Crippen molar-refractivity contribution < 1.29 is 12.8 Å². The van der Waals surface area contributed by atoms with Crippen LogP contribution in [0.15, 0.2) is 21.9 Å². The van der Waals surface area contributed by atoms with Gasteiger partial charge in [-0.2, -0.15) is 12.7 Å². The van der Waals surface area contributed by atoms with Gasteiger partial charge in [-0.15, -0.1) is 21.5 Å². The second-order valence-electron chi connectivity index (χ2n) is 5.08. The van der Waals surface area contributed by atoms with E-state index in [2.05, 4.69) is 15.1 Å². The quantitative estimate of drug-likeness (QED) is 0.875. The van der Waals surface area contributed by atoms with Gasteiger partial charge in [-0.25, -0.2) is 5.14 Å². The first-order valence-corrected chi connectivity index (χ1v) is 9.22. The largest absolute Gasteiger partial charge is 0.418 e. The first-order chi connectivity index (χ1) is 10.4. The van der Waals surface area contributed by atoms with Gasteiger partial charge in [0.1, 0.15) is 0 Å². The molecule has 1 unspecified atom stereocenters. The Hall–Kier alpha value is -1.33. The van der Waals surface area contributed by atoms with Crippen molar-refractivity contribution in [2.24, 2.45) is 5.14 Å². The van der Waals surface area contributed by atoms with Crippen molar-refractivity contribution in [2.45, 2.75) is 13.0 Å². The van der Waals surface area contributed by atoms with E-state index in [1.807, 2.05) is 24.4 Å². The lowest BCUT2D eigenvalue weighted by atomic mass is 10.2. The van der Waals surface area contributed by atoms with Gasteiger partial charge in [0.25, 0.3) is 16.1 Å². The monoisotopic (exact) mass is 343 g/mol. The lowest BCUT2D eigenvalue weighted by Gasteiger charge is -2.35. The van der Waals surface area contributed by atoms with Gasteiger partial charge in [0.2, 0.25) is 5.89 Å². The van der Waals surface area contributed by atoms with Crippen LogP contribution in [0.2, 0.25) is 0 Å². The lowest BCUT2D eigenvalue weighted by molar-refractivity contribution is 0.129. The Morgan fingerprint density at radius 3 is 2.64 bits per heavy atom. The zero-order valence-corrected chi connectivity index (χ0v) is 13.7. The van der Waals surface area contributed by atoms with E-state index in [1.54, 1.807) is 11.3 Å². The maximum absolute atomic E-state index is 11.3. The molecule has 0 saturated carbocycles. The molecule has 0 bridgehead atoms. The fourth-order valence-electron chi connectivity index (χ4n) is 2.40. The predicted octanol–water partition coefficient (Wildman–Crippen LogP) is 0.680. The van der Waals surface area contributed by atoms with Crippen LogP contribution in [0.1, 0.15) is 18.9 Å². The van der Waals surface area contributed by atoms with Crippen LogP contribution >= 0.6 is 11.3 Å². The maximum Gasteiger partial charge on any atom is 0.276 e. The molecule has 0 spiro atoms. The maximum atomic E-state index is 11.3. The van der Waals surface area contributed by atoms with Crippen LogP contribution in [-0.4, -0.2) is 54.0 Å². The first-order valence-electron chi connectivity index (χ1n) is 6.84. The topological polar surface area (TPSA) is 106 Å². The Morgan fingerprint density at radius 1 is 1.32 bits per heavy atom. The average molecular weight is 343 g/mol. The summed E-state index contributed by atoms with van der Waals surface area (Å²) in [4.78, 5) is 3.04. The van der Waals surface area contributed by atoms with E-state index in [0.717, 1.165) is 4.88 Å². The van der Waals surface area contributed by atoms with Crippen molar-refractivity contribution >= 4 is 21.5 Å². The molecule has 1 aliphatic rings. The Labute approximate surface area is 132 Å². The van der Waals surface area contributed by atoms with Crippen LogP contribution in [0.3, 0.4) is 0 Å². The van der Waals surface area contributed by atoms with Gasteiger partial charge in [-0.1, -0.05) is 6.07 Å². The third-order valence-electron chi connectivity index (χ3n) is 3.71. The highest BCUT2D eigenvalue weighted by molar-refractivity contribution is 7.86. The van der Waals surface area contributed by atoms with Crippen molar-refractivity contribution in [3.05, 3.63) is 23.4 Å². The van der Waals surface area contributed by atoms with Crippen LogP contribution in [-0.2, 0) is 10.2 Å². The molecule has 2 aromatic rings. The molecular formula is C12H17N5O3S2. The van der Waals surface area contributed by atoms with Gasteiger partial charge >= 0.3 is 0 Å². The standard InChI is InChI=1S/C12H17N5O3S2/c1-9(16-4-6-17(7-5-16)22(13,18)19)11-14-15-12(20-11)10-3-2-8-21-10/h2-3,8-9H,4-7H2,1H3,(H2,13,18,19). The summed E-state index contributed by atoms with van der Waals surface area (Å²) in [6.07, 6.45) is 0. The molecule has 22 heavy (non-hydrogen) atoms. The van der Waals surface area contributed by atoms with E-state index in [1.165, 1.54) is 4.31 Å². The molecule has 0 radical (unpaired) electrons. The molecular weight excluding hydrogens is 326 g/mol. The Bertz CT molecular complexity index is 720. The molecule has 1 atom stereocenters. The minimum atomic E-state index is -3.61. The number of aromatic nitrogens is 2. The van der Waals surface area contributed by atoms with Crippen LogP contribution in [0.4, 0.5) is 0 Å². The summed E-state index contributed by atoms with van der Waals surface area (Å²) in [6, 6.07) is 3.79. The van der Waals surface area contributed by atoms with E-state index in [-0.39, 0.29) is 6.04 Å². The fraction of sp³-hybridized carbons (Fsp3) is 0.500. The van der Waals surface area contributed by atoms with Gasteiger partial charge in [-0.3, -0.25) is 4.90 Å². The predicted molar refractivity (Wildman–Crippen MR) is 82.3 cm³/mol. The summed E-state index contributed by atoms with van der Waals surface area (Å²) in [7, 11) is -3.61. The molecule has 1 aliphatic heterocycles. The summed E-state index contributed by atoms with van der Waals surface area (Å²) in [5.74, 6) is 1.05. The van der Waals surface area contributed by atoms with E-state index in [9.17, 15) is 8.42 Å². The van der Waals surface area contributed by atoms with Crippen molar-refractivity contribution in [1.82, 2.24) is 19.4 Å². The van der Waals surface area contributed by atoms with Gasteiger partial charge in [0, 0.05) is 26.2 Å². The second kappa shape index (κ2) is 6.05. The fourth-order valence-corrected chi connectivity index (χ4v) is 3.72. The average Bonchev–Trinajstić information content (AvgIpc) is 3.16. The highest BCUT2D eigenvalue weighted by Crippen LogP contribution is 2.27. The van der Waals surface area contributed by atoms with Crippen molar-refractivity contribution in [3.8, 4) is 10.8 Å². The summed E-state index contributed by atoms with van der Waals surface area (Å²) in [5, 5.41) is 15.3. The summed E-state index contributed by atoms with van der Waals surface area (Å²) < 4.78 is 29.6. The number of nitrogens with zero attached hydrogens (tertiary/aromatic N) is 4. The van der Waals surface area contributed by atoms with E-state index >= 15 is 0 Å². The molecule has 3 rings (SSSR count). The highest BCUT2D eigenvalue weighted by Gasteiger charge is 2.29. The number of thiophene rings is 1. The van der Waals surface area contributed by atoms with Gasteiger partial charge in [-0.05, 0) is 18.4 Å². The number of piperazine rings is 1. The molecule has 1 fully saturated rings. The van der Waals surface area contributed by atoms with Gasteiger partial charge in [0.15, 0.2) is 0 Å². The number of nitrogens with two attached hydrogens (primary N) is 1. The molecule has 2 N–H and O–H groups in total. The smallest absolute Gasteiger partial charge is 0.276 e. The van der Waals surface area contributed by atoms with E-state index < -0.39 is 10.2 Å². The highest BCUT2D eigenvalue weighted by atomic mass is 32.2. The molecule has 0 aliphatic carbocycles. The molecule has 1 saturated heterocycles. The third-order valence-corrected chi connectivity index (χ3v) is 5.65. The first kappa shape index (κ1) is 15.6. The van der Waals surface area contributed by atoms with Crippen LogP contribution in [0.25, 0.3) is 10.8 Å². The molecule has 120 valence electrons. The minimum Gasteiger partial charge on any atom is -0.418 e. The van der Waals surface area contributed by atoms with Crippen LogP contribution in [0.5, 0.6) is 0 Å². The SMILES string of the molecule is CC(c1nnc(-c2cccs2)o1)N1CCN(S(N)(=O)=O)CC1. The van der Waals surface area contributed by atoms with Gasteiger partial charge in [0.05, 0.1) is 10.9 Å². The van der Waals surface area contributed by atoms with E-state index in [4.69, 9.17) is 9.56 Å². The van der Waals surface area contributed by atoms with Crippen molar-refractivity contribution in [1.29, 1.82) is 0 Å². The Kier molecular flexibility index (Phi) is 4.28. The molecule has 0 aromatic carbocycles. The van der Waals surface area contributed by atoms with Gasteiger partial charge < -0.3 is 4.42 Å². The zero-order valence-electron chi connectivity index (χ0n) is 12.0. The number of rotatable bonds is 4. The van der Waals surface area contributed by atoms with Crippen LogP contribution in [0, 0.1) is 0 Å². The lowest BCUT2D eigenvalue weighted by Crippen LogP contribution is -2.51. The molecule has 8 nitrogen and oxygen atoms in total. The normalized spacial score (nSPS) is 19.4. The number of hydrogen-bond acceptors (Lipinski definition) is 7. The molecule has 10 heteroatoms. The summed E-state index contributed by atoms with van der Waals surface area (Å²) in [5.41, 5.74) is 0. The minimum absolute atomic E-state index is 0.0659. The second-order valence-corrected chi connectivity index (χ2v) is 7.57.